The third-order valence-corrected chi connectivity index (χ3v) is 5.48. The number of nitriles is 1. The van der Waals surface area contributed by atoms with Crippen LogP contribution in [0.4, 0.5) is 5.69 Å². The molecule has 0 heterocycles. The van der Waals surface area contributed by atoms with Crippen LogP contribution >= 0.6 is 23.2 Å². The van der Waals surface area contributed by atoms with Gasteiger partial charge in [0.25, 0.3) is 0 Å². The van der Waals surface area contributed by atoms with E-state index in [1.54, 1.807) is 48.5 Å². The summed E-state index contributed by atoms with van der Waals surface area (Å²) >= 11 is 11.9. The first kappa shape index (κ1) is 25.6. The van der Waals surface area contributed by atoms with Gasteiger partial charge < -0.3 is 14.8 Å². The summed E-state index contributed by atoms with van der Waals surface area (Å²) in [5.41, 5.74) is 4.53. The summed E-state index contributed by atoms with van der Waals surface area (Å²) in [7, 11) is 1.50. The highest BCUT2D eigenvalue weighted by molar-refractivity contribution is 6.44. The van der Waals surface area contributed by atoms with Gasteiger partial charge in [-0.2, -0.15) is 10.4 Å². The monoisotopic (exact) mass is 510 g/mol. The second kappa shape index (κ2) is 12.4. The highest BCUT2D eigenvalue weighted by Crippen LogP contribution is 2.30. The summed E-state index contributed by atoms with van der Waals surface area (Å²) in [6, 6.07) is 19.2. The molecule has 0 fully saturated rings. The molecule has 0 saturated carbocycles. The van der Waals surface area contributed by atoms with Crippen LogP contribution in [-0.4, -0.2) is 25.1 Å². The van der Waals surface area contributed by atoms with Gasteiger partial charge in [0.1, 0.15) is 13.0 Å². The lowest BCUT2D eigenvalue weighted by atomic mass is 10.1. The Morgan fingerprint density at radius 1 is 1.06 bits per heavy atom. The molecule has 0 aliphatic rings. The van der Waals surface area contributed by atoms with Gasteiger partial charge in [0.15, 0.2) is 11.5 Å². The van der Waals surface area contributed by atoms with Crippen LogP contribution in [0.3, 0.4) is 0 Å². The first-order chi connectivity index (χ1) is 16.9. The second-order valence-corrected chi connectivity index (χ2v) is 7.87. The van der Waals surface area contributed by atoms with Gasteiger partial charge >= 0.3 is 0 Å². The van der Waals surface area contributed by atoms with Crippen LogP contribution in [0.15, 0.2) is 65.8 Å². The number of carbonyl (C=O) groups excluding carboxylic acids is 2. The number of rotatable bonds is 9. The Bertz CT molecular complexity index is 1300. The molecule has 2 N–H and O–H groups in total. The molecule has 0 unspecified atom stereocenters. The van der Waals surface area contributed by atoms with Gasteiger partial charge in [0, 0.05) is 5.56 Å². The van der Waals surface area contributed by atoms with Crippen molar-refractivity contribution in [2.75, 3.05) is 12.4 Å². The minimum atomic E-state index is -0.611. The van der Waals surface area contributed by atoms with Crippen LogP contribution in [0.2, 0.25) is 10.0 Å². The van der Waals surface area contributed by atoms with E-state index in [4.69, 9.17) is 32.7 Å². The Balaban J connectivity index is 1.54. The lowest BCUT2D eigenvalue weighted by molar-refractivity contribution is -0.126. The highest BCUT2D eigenvalue weighted by atomic mass is 35.5. The van der Waals surface area contributed by atoms with Crippen molar-refractivity contribution in [3.05, 3.63) is 87.4 Å². The average Bonchev–Trinajstić information content (AvgIpc) is 2.86. The van der Waals surface area contributed by atoms with Gasteiger partial charge in [-0.1, -0.05) is 47.5 Å². The maximum Gasteiger partial charge on any atom is 0.249 e. The van der Waals surface area contributed by atoms with E-state index in [0.717, 1.165) is 5.56 Å². The number of hydrogen-bond acceptors (Lipinski definition) is 6. The van der Waals surface area contributed by atoms with E-state index >= 15 is 0 Å². The van der Waals surface area contributed by atoms with Crippen molar-refractivity contribution in [1.29, 1.82) is 5.26 Å². The number of amides is 2. The van der Waals surface area contributed by atoms with Crippen molar-refractivity contribution in [3.8, 4) is 17.6 Å². The van der Waals surface area contributed by atoms with Crippen LogP contribution < -0.4 is 20.2 Å². The van der Waals surface area contributed by atoms with Crippen LogP contribution in [0.1, 0.15) is 23.1 Å². The number of ether oxygens (including phenoxy) is 2. The molecule has 0 saturated heterocycles. The lowest BCUT2D eigenvalue weighted by Crippen LogP contribution is -2.24. The number of carbonyl (C=O) groups is 2. The molecule has 178 valence electrons. The second-order valence-electron chi connectivity index (χ2n) is 7.09. The third kappa shape index (κ3) is 7.21. The van der Waals surface area contributed by atoms with Crippen LogP contribution in [-0.2, 0) is 16.2 Å². The molecule has 10 heteroatoms. The molecule has 0 atom stereocenters. The number of hydrogen-bond donors (Lipinski definition) is 2. The predicted octanol–water partition coefficient (Wildman–Crippen LogP) is 4.93. The fourth-order valence-corrected chi connectivity index (χ4v) is 3.30. The Morgan fingerprint density at radius 3 is 2.63 bits per heavy atom. The van der Waals surface area contributed by atoms with E-state index in [-0.39, 0.29) is 16.7 Å². The van der Waals surface area contributed by atoms with E-state index in [2.05, 4.69) is 21.9 Å². The molecule has 3 aromatic carbocycles. The molecule has 0 bridgehead atoms. The van der Waals surface area contributed by atoms with Crippen LogP contribution in [0.25, 0.3) is 0 Å². The molecule has 0 aromatic heterocycles. The summed E-state index contributed by atoms with van der Waals surface area (Å²) < 4.78 is 11.2. The average molecular weight is 511 g/mol. The predicted molar refractivity (Wildman–Crippen MR) is 134 cm³/mol. The van der Waals surface area contributed by atoms with E-state index in [0.29, 0.717) is 28.3 Å². The van der Waals surface area contributed by atoms with Crippen molar-refractivity contribution >= 4 is 46.9 Å². The van der Waals surface area contributed by atoms with Gasteiger partial charge in [-0.15, -0.1) is 0 Å². The number of anilines is 1. The van der Waals surface area contributed by atoms with Gasteiger partial charge in [0.2, 0.25) is 11.8 Å². The topological polar surface area (TPSA) is 113 Å². The molecule has 3 rings (SSSR count). The summed E-state index contributed by atoms with van der Waals surface area (Å²) in [6.07, 6.45) is 0.946. The summed E-state index contributed by atoms with van der Waals surface area (Å²) in [5, 5.41) is 16.1. The summed E-state index contributed by atoms with van der Waals surface area (Å²) in [4.78, 5) is 24.1. The normalized spacial score (nSPS) is 10.5. The maximum atomic E-state index is 12.1. The number of nitrogens with zero attached hydrogens (tertiary/aromatic N) is 2. The van der Waals surface area contributed by atoms with Gasteiger partial charge in [-0.05, 0) is 42.0 Å². The molecule has 3 aromatic rings. The minimum absolute atomic E-state index is 0.191. The van der Waals surface area contributed by atoms with Crippen molar-refractivity contribution < 1.29 is 19.1 Å². The Labute approximate surface area is 212 Å². The Hall–Kier alpha value is -4.06. The molecule has 0 radical (unpaired) electrons. The first-order valence-corrected chi connectivity index (χ1v) is 11.0. The number of benzene rings is 3. The van der Waals surface area contributed by atoms with E-state index in [1.807, 2.05) is 12.1 Å². The fraction of sp³-hybridized carbons (Fsp3) is 0.120. The zero-order valence-electron chi connectivity index (χ0n) is 18.5. The standard InChI is InChI=1S/C25H20Cl2N4O4/c1-34-22-11-16(9-10-21(22)35-15-18-6-3-2-5-17(18)13-28)14-29-31-24(33)12-23(32)30-20-8-4-7-19(26)25(20)27/h2-11,14H,12,15H2,1H3,(H,30,32)(H,31,33). The van der Waals surface area contributed by atoms with Crippen LogP contribution in [0, 0.1) is 11.3 Å². The molecule has 2 amide bonds. The molecule has 0 aliphatic heterocycles. The number of hydrazone groups is 1. The summed E-state index contributed by atoms with van der Waals surface area (Å²) in [6.45, 7) is 0.200. The quantitative estimate of drug-likeness (QED) is 0.240. The molecular weight excluding hydrogens is 491 g/mol. The Morgan fingerprint density at radius 2 is 1.86 bits per heavy atom. The van der Waals surface area contributed by atoms with E-state index < -0.39 is 18.2 Å². The smallest absolute Gasteiger partial charge is 0.249 e. The largest absolute Gasteiger partial charge is 0.493 e. The lowest BCUT2D eigenvalue weighted by Gasteiger charge is -2.12. The SMILES string of the molecule is COc1cc(C=NNC(=O)CC(=O)Nc2cccc(Cl)c2Cl)ccc1OCc1ccccc1C#N. The molecule has 0 spiro atoms. The van der Waals surface area contributed by atoms with E-state index in [1.165, 1.54) is 13.3 Å². The number of nitrogens with one attached hydrogen (secondary N) is 2. The number of methoxy groups -OCH3 is 1. The highest BCUT2D eigenvalue weighted by Gasteiger charge is 2.12. The minimum Gasteiger partial charge on any atom is -0.493 e. The molecule has 0 aliphatic carbocycles. The molecular formula is C25H20Cl2N4O4. The summed E-state index contributed by atoms with van der Waals surface area (Å²) in [5.74, 6) is -0.242. The third-order valence-electron chi connectivity index (χ3n) is 4.66. The van der Waals surface area contributed by atoms with Gasteiger partial charge in [-0.25, -0.2) is 5.43 Å². The van der Waals surface area contributed by atoms with Gasteiger partial charge in [0.05, 0.1) is 40.7 Å². The van der Waals surface area contributed by atoms with Crippen molar-refractivity contribution in [2.45, 2.75) is 13.0 Å². The van der Waals surface area contributed by atoms with Crippen molar-refractivity contribution in [2.24, 2.45) is 5.10 Å². The fourth-order valence-electron chi connectivity index (χ4n) is 2.95. The van der Waals surface area contributed by atoms with Crippen LogP contribution in [0.5, 0.6) is 11.5 Å². The van der Waals surface area contributed by atoms with Gasteiger partial charge in [-0.3, -0.25) is 9.59 Å². The zero-order chi connectivity index (χ0) is 25.2. The molecule has 35 heavy (non-hydrogen) atoms. The Kier molecular flexibility index (Phi) is 9.07. The zero-order valence-corrected chi connectivity index (χ0v) is 20.1. The van der Waals surface area contributed by atoms with Crippen molar-refractivity contribution in [1.82, 2.24) is 5.43 Å². The first-order valence-electron chi connectivity index (χ1n) is 10.3. The maximum absolute atomic E-state index is 12.1. The van der Waals surface area contributed by atoms with Crippen molar-refractivity contribution in [3.63, 3.8) is 0 Å². The number of halogens is 2. The van der Waals surface area contributed by atoms with E-state index in [9.17, 15) is 14.9 Å². The molecule has 8 nitrogen and oxygen atoms in total.